The molecule has 0 amide bonds. The van der Waals surface area contributed by atoms with E-state index >= 15 is 0 Å². The predicted octanol–water partition coefficient (Wildman–Crippen LogP) is 3.72. The van der Waals surface area contributed by atoms with Gasteiger partial charge in [-0.1, -0.05) is 52.9 Å². The summed E-state index contributed by atoms with van der Waals surface area (Å²) in [4.78, 5) is 0. The molecular weight excluding hydrogens is 170 g/mol. The van der Waals surface area contributed by atoms with Crippen LogP contribution in [0.5, 0.6) is 0 Å². The molecule has 1 atom stereocenters. The Morgan fingerprint density at radius 1 is 0.929 bits per heavy atom. The van der Waals surface area contributed by atoms with Crippen LogP contribution in [0.25, 0.3) is 0 Å². The van der Waals surface area contributed by atoms with Crippen molar-refractivity contribution in [1.29, 1.82) is 0 Å². The van der Waals surface area contributed by atoms with E-state index in [2.05, 4.69) is 20.8 Å². The quantitative estimate of drug-likeness (QED) is 0.681. The number of rotatable bonds is 1. The smallest absolute Gasteiger partial charge is 0.0116 e. The highest BCUT2D eigenvalue weighted by Gasteiger charge is 2.28. The highest BCUT2D eigenvalue weighted by Crippen LogP contribution is 2.31. The Morgan fingerprint density at radius 2 is 1.36 bits per heavy atom. The fraction of sp³-hybridized carbons (Fsp3) is 1.00. The van der Waals surface area contributed by atoms with Gasteiger partial charge in [0.2, 0.25) is 0 Å². The van der Waals surface area contributed by atoms with E-state index in [1.165, 1.54) is 44.9 Å². The second kappa shape index (κ2) is 5.16. The summed E-state index contributed by atoms with van der Waals surface area (Å²) in [5.74, 6) is 0.773. The van der Waals surface area contributed by atoms with E-state index in [-0.39, 0.29) is 5.41 Å². The topological polar surface area (TPSA) is 26.0 Å². The van der Waals surface area contributed by atoms with E-state index in [0.29, 0.717) is 6.04 Å². The van der Waals surface area contributed by atoms with Crippen molar-refractivity contribution in [2.45, 2.75) is 71.8 Å². The first-order valence-corrected chi connectivity index (χ1v) is 6.27. The van der Waals surface area contributed by atoms with E-state index in [1.54, 1.807) is 0 Å². The van der Waals surface area contributed by atoms with Gasteiger partial charge in [-0.25, -0.2) is 0 Å². The third-order valence-corrected chi connectivity index (χ3v) is 3.66. The second-order valence-corrected chi connectivity index (χ2v) is 6.00. The predicted molar refractivity (Wildman–Crippen MR) is 63.2 cm³/mol. The lowest BCUT2D eigenvalue weighted by molar-refractivity contribution is 0.204. The van der Waals surface area contributed by atoms with E-state index in [9.17, 15) is 0 Å². The lowest BCUT2D eigenvalue weighted by Crippen LogP contribution is -2.42. The summed E-state index contributed by atoms with van der Waals surface area (Å²) in [5, 5.41) is 0. The van der Waals surface area contributed by atoms with Crippen LogP contribution in [-0.2, 0) is 0 Å². The van der Waals surface area contributed by atoms with E-state index < -0.39 is 0 Å². The maximum Gasteiger partial charge on any atom is 0.0116 e. The largest absolute Gasteiger partial charge is 0.327 e. The highest BCUT2D eigenvalue weighted by molar-refractivity contribution is 4.84. The molecule has 1 unspecified atom stereocenters. The molecule has 1 rings (SSSR count). The maximum absolute atomic E-state index is 6.35. The van der Waals surface area contributed by atoms with Crippen LogP contribution in [-0.4, -0.2) is 6.04 Å². The van der Waals surface area contributed by atoms with Crippen molar-refractivity contribution >= 4 is 0 Å². The molecule has 1 saturated carbocycles. The lowest BCUT2D eigenvalue weighted by atomic mass is 9.75. The van der Waals surface area contributed by atoms with Crippen LogP contribution in [0.2, 0.25) is 0 Å². The highest BCUT2D eigenvalue weighted by atomic mass is 14.7. The Morgan fingerprint density at radius 3 is 1.79 bits per heavy atom. The minimum absolute atomic E-state index is 0.282. The fourth-order valence-corrected chi connectivity index (χ4v) is 2.55. The average molecular weight is 197 g/mol. The molecule has 84 valence electrons. The van der Waals surface area contributed by atoms with Crippen LogP contribution in [0.15, 0.2) is 0 Å². The summed E-state index contributed by atoms with van der Waals surface area (Å²) >= 11 is 0. The maximum atomic E-state index is 6.35. The number of nitrogens with two attached hydrogens (primary N) is 1. The van der Waals surface area contributed by atoms with Crippen molar-refractivity contribution in [3.05, 3.63) is 0 Å². The van der Waals surface area contributed by atoms with Crippen LogP contribution >= 0.6 is 0 Å². The van der Waals surface area contributed by atoms with Gasteiger partial charge >= 0.3 is 0 Å². The van der Waals surface area contributed by atoms with Crippen molar-refractivity contribution in [1.82, 2.24) is 0 Å². The average Bonchev–Trinajstić information content (AvgIpc) is 2.00. The van der Waals surface area contributed by atoms with E-state index in [4.69, 9.17) is 5.73 Å². The van der Waals surface area contributed by atoms with Crippen molar-refractivity contribution in [2.75, 3.05) is 0 Å². The van der Waals surface area contributed by atoms with Gasteiger partial charge in [-0.05, 0) is 24.2 Å². The van der Waals surface area contributed by atoms with Gasteiger partial charge in [0.25, 0.3) is 0 Å². The van der Waals surface area contributed by atoms with Crippen LogP contribution in [0.3, 0.4) is 0 Å². The molecular formula is C13H27N. The zero-order chi connectivity index (χ0) is 10.6. The number of hydrogen-bond donors (Lipinski definition) is 1. The fourth-order valence-electron chi connectivity index (χ4n) is 2.55. The van der Waals surface area contributed by atoms with Crippen LogP contribution in [0.4, 0.5) is 0 Å². The summed E-state index contributed by atoms with van der Waals surface area (Å²) in [6, 6.07) is 0.389. The molecule has 0 aromatic rings. The molecule has 2 N–H and O–H groups in total. The van der Waals surface area contributed by atoms with Gasteiger partial charge in [0.05, 0.1) is 0 Å². The molecule has 1 aliphatic carbocycles. The van der Waals surface area contributed by atoms with E-state index in [0.717, 1.165) is 5.92 Å². The third-order valence-electron chi connectivity index (χ3n) is 3.66. The van der Waals surface area contributed by atoms with Gasteiger partial charge < -0.3 is 5.73 Å². The third kappa shape index (κ3) is 3.61. The molecule has 0 heterocycles. The summed E-state index contributed by atoms with van der Waals surface area (Å²) in [6.07, 6.45) is 9.80. The Hall–Kier alpha value is -0.0400. The SMILES string of the molecule is CC(C)(C)C(N)C1CCCCCCC1. The molecule has 0 bridgehead atoms. The molecule has 14 heavy (non-hydrogen) atoms. The van der Waals surface area contributed by atoms with Crippen molar-refractivity contribution in [3.63, 3.8) is 0 Å². The van der Waals surface area contributed by atoms with Crippen LogP contribution in [0, 0.1) is 11.3 Å². The zero-order valence-electron chi connectivity index (χ0n) is 10.2. The molecule has 0 saturated heterocycles. The molecule has 0 aromatic heterocycles. The summed E-state index contributed by atoms with van der Waals surface area (Å²) in [7, 11) is 0. The van der Waals surface area contributed by atoms with Crippen LogP contribution in [0.1, 0.15) is 65.7 Å². The summed E-state index contributed by atoms with van der Waals surface area (Å²) in [5.41, 5.74) is 6.63. The Balaban J connectivity index is 2.47. The summed E-state index contributed by atoms with van der Waals surface area (Å²) < 4.78 is 0. The van der Waals surface area contributed by atoms with Crippen molar-refractivity contribution in [3.8, 4) is 0 Å². The normalized spacial score (nSPS) is 24.0. The van der Waals surface area contributed by atoms with Gasteiger partial charge in [-0.15, -0.1) is 0 Å². The molecule has 0 radical (unpaired) electrons. The first-order chi connectivity index (χ1) is 6.52. The van der Waals surface area contributed by atoms with E-state index in [1.807, 2.05) is 0 Å². The molecule has 0 aliphatic heterocycles. The molecule has 0 spiro atoms. The zero-order valence-corrected chi connectivity index (χ0v) is 10.2. The molecule has 1 nitrogen and oxygen atoms in total. The van der Waals surface area contributed by atoms with Gasteiger partial charge in [0.15, 0.2) is 0 Å². The van der Waals surface area contributed by atoms with Gasteiger partial charge in [-0.3, -0.25) is 0 Å². The Bertz CT molecular complexity index is 149. The molecule has 1 aliphatic rings. The first kappa shape index (κ1) is 12.0. The number of hydrogen-bond acceptors (Lipinski definition) is 1. The first-order valence-electron chi connectivity index (χ1n) is 6.27. The van der Waals surface area contributed by atoms with Crippen molar-refractivity contribution < 1.29 is 0 Å². The van der Waals surface area contributed by atoms with Gasteiger partial charge in [0.1, 0.15) is 0 Å². The Kier molecular flexibility index (Phi) is 4.43. The molecule has 1 heteroatoms. The van der Waals surface area contributed by atoms with Gasteiger partial charge in [-0.2, -0.15) is 0 Å². The van der Waals surface area contributed by atoms with Crippen LogP contribution < -0.4 is 5.73 Å². The monoisotopic (exact) mass is 197 g/mol. The van der Waals surface area contributed by atoms with Gasteiger partial charge in [0, 0.05) is 6.04 Å². The molecule has 1 fully saturated rings. The minimum Gasteiger partial charge on any atom is -0.327 e. The Labute approximate surface area is 89.5 Å². The molecule has 0 aromatic carbocycles. The summed E-state index contributed by atoms with van der Waals surface area (Å²) in [6.45, 7) is 6.82. The standard InChI is InChI=1S/C13H27N/c1-13(2,3)12(14)11-9-7-5-4-6-8-10-11/h11-12H,4-10,14H2,1-3H3. The minimum atomic E-state index is 0.282. The lowest BCUT2D eigenvalue weighted by Gasteiger charge is -2.35. The second-order valence-electron chi connectivity index (χ2n) is 6.00. The van der Waals surface area contributed by atoms with Crippen molar-refractivity contribution in [2.24, 2.45) is 17.1 Å².